The van der Waals surface area contributed by atoms with Gasteiger partial charge in [-0.3, -0.25) is 0 Å². The van der Waals surface area contributed by atoms with Crippen molar-refractivity contribution in [2.45, 2.75) is 5.88 Å². The number of nitrogens with zero attached hydrogens (tertiary/aromatic N) is 1. The Morgan fingerprint density at radius 2 is 1.76 bits per heavy atom. The molecule has 0 aliphatic rings. The summed E-state index contributed by atoms with van der Waals surface area (Å²) in [6.45, 7) is 0. The van der Waals surface area contributed by atoms with Crippen molar-refractivity contribution < 1.29 is 4.74 Å². The monoisotopic (exact) mass is 287 g/mol. The van der Waals surface area contributed by atoms with E-state index in [0.29, 0.717) is 21.7 Å². The molecule has 0 radical (unpaired) electrons. The third kappa shape index (κ3) is 3.03. The minimum atomic E-state index is 0.290. The molecule has 0 aliphatic heterocycles. The van der Waals surface area contributed by atoms with Crippen molar-refractivity contribution in [3.63, 3.8) is 0 Å². The van der Waals surface area contributed by atoms with Crippen LogP contribution < -0.4 is 4.74 Å². The second kappa shape index (κ2) is 5.58. The molecule has 2 aromatic rings. The molecule has 1 aromatic heterocycles. The minimum absolute atomic E-state index is 0.290. The van der Waals surface area contributed by atoms with E-state index >= 15 is 0 Å². The fourth-order valence-corrected chi connectivity index (χ4v) is 1.70. The number of rotatable bonds is 3. The van der Waals surface area contributed by atoms with Gasteiger partial charge in [-0.15, -0.1) is 11.6 Å². The Morgan fingerprint density at radius 3 is 2.41 bits per heavy atom. The summed E-state index contributed by atoms with van der Waals surface area (Å²) in [6, 6.07) is 8.96. The van der Waals surface area contributed by atoms with Gasteiger partial charge in [0.15, 0.2) is 0 Å². The third-order valence-corrected chi connectivity index (χ3v) is 3.19. The molecule has 0 spiro atoms. The molecule has 2 nitrogen and oxygen atoms in total. The van der Waals surface area contributed by atoms with E-state index in [1.165, 1.54) is 6.20 Å². The lowest BCUT2D eigenvalue weighted by Gasteiger charge is -2.07. The zero-order valence-electron chi connectivity index (χ0n) is 8.66. The molecule has 5 heteroatoms. The van der Waals surface area contributed by atoms with Crippen LogP contribution in [0.1, 0.15) is 5.56 Å². The summed E-state index contributed by atoms with van der Waals surface area (Å²) in [4.78, 5) is 4.01. The Hall–Kier alpha value is -0.960. The quantitative estimate of drug-likeness (QED) is 0.748. The Labute approximate surface area is 114 Å². The van der Waals surface area contributed by atoms with E-state index in [1.807, 2.05) is 12.1 Å². The van der Waals surface area contributed by atoms with Crippen LogP contribution in [0.2, 0.25) is 10.0 Å². The topological polar surface area (TPSA) is 22.1 Å². The molecule has 0 bridgehead atoms. The van der Waals surface area contributed by atoms with Gasteiger partial charge in [0.25, 0.3) is 0 Å². The molecule has 1 aromatic carbocycles. The second-order valence-corrected chi connectivity index (χ2v) is 4.34. The maximum atomic E-state index is 5.96. The Bertz CT molecular complexity index is 514. The van der Waals surface area contributed by atoms with E-state index in [-0.39, 0.29) is 5.88 Å². The summed E-state index contributed by atoms with van der Waals surface area (Å²) >= 11 is 17.5. The minimum Gasteiger partial charge on any atom is -0.437 e. The van der Waals surface area contributed by atoms with Crippen LogP contribution in [0.5, 0.6) is 11.6 Å². The molecule has 17 heavy (non-hydrogen) atoms. The Balaban J connectivity index is 2.22. The summed E-state index contributed by atoms with van der Waals surface area (Å²) < 4.78 is 5.52. The van der Waals surface area contributed by atoms with Gasteiger partial charge in [-0.05, 0) is 23.8 Å². The predicted molar refractivity (Wildman–Crippen MR) is 70.3 cm³/mol. The molecule has 0 unspecified atom stereocenters. The van der Waals surface area contributed by atoms with Crippen molar-refractivity contribution in [2.24, 2.45) is 0 Å². The molecule has 0 saturated heterocycles. The highest BCUT2D eigenvalue weighted by molar-refractivity contribution is 6.42. The van der Waals surface area contributed by atoms with Crippen molar-refractivity contribution in [2.75, 3.05) is 0 Å². The molecule has 88 valence electrons. The largest absolute Gasteiger partial charge is 0.437 e. The van der Waals surface area contributed by atoms with E-state index in [4.69, 9.17) is 39.5 Å². The maximum Gasteiger partial charge on any atom is 0.239 e. The number of halogens is 3. The highest BCUT2D eigenvalue weighted by Crippen LogP contribution is 2.32. The van der Waals surface area contributed by atoms with Gasteiger partial charge in [0, 0.05) is 12.1 Å². The molecule has 0 N–H and O–H groups in total. The van der Waals surface area contributed by atoms with Crippen molar-refractivity contribution in [3.05, 3.63) is 52.1 Å². The summed E-state index contributed by atoms with van der Waals surface area (Å²) in [7, 11) is 0. The zero-order chi connectivity index (χ0) is 12.3. The van der Waals surface area contributed by atoms with Crippen LogP contribution in [0.15, 0.2) is 36.5 Å². The molecule has 0 aliphatic carbocycles. The van der Waals surface area contributed by atoms with Gasteiger partial charge in [-0.1, -0.05) is 35.3 Å². The number of ether oxygens (including phenoxy) is 1. The van der Waals surface area contributed by atoms with Gasteiger partial charge < -0.3 is 4.74 Å². The predicted octanol–water partition coefficient (Wildman–Crippen LogP) is 4.92. The van der Waals surface area contributed by atoms with Crippen LogP contribution >= 0.6 is 34.8 Å². The lowest BCUT2D eigenvalue weighted by Crippen LogP contribution is -1.89. The van der Waals surface area contributed by atoms with Crippen molar-refractivity contribution in [3.8, 4) is 11.6 Å². The number of aromatic nitrogens is 1. The van der Waals surface area contributed by atoms with E-state index in [0.717, 1.165) is 5.56 Å². The summed E-state index contributed by atoms with van der Waals surface area (Å²) in [5.74, 6) is 1.39. The normalized spacial score (nSPS) is 10.3. The van der Waals surface area contributed by atoms with Crippen molar-refractivity contribution >= 4 is 34.8 Å². The van der Waals surface area contributed by atoms with Gasteiger partial charge in [0.2, 0.25) is 5.88 Å². The van der Waals surface area contributed by atoms with E-state index in [2.05, 4.69) is 4.98 Å². The first kappa shape index (κ1) is 12.5. The fourth-order valence-electron chi connectivity index (χ4n) is 1.23. The standard InChI is InChI=1S/C12H8Cl3NO/c13-7-8-1-3-9(4-2-8)17-12-11(15)10(14)5-6-16-12/h1-6H,7H2. The van der Waals surface area contributed by atoms with Gasteiger partial charge >= 0.3 is 0 Å². The SMILES string of the molecule is ClCc1ccc(Oc2nccc(Cl)c2Cl)cc1. The molecule has 0 atom stereocenters. The number of benzene rings is 1. The third-order valence-electron chi connectivity index (χ3n) is 2.10. The van der Waals surface area contributed by atoms with Crippen molar-refractivity contribution in [1.82, 2.24) is 4.98 Å². The highest BCUT2D eigenvalue weighted by atomic mass is 35.5. The molecule has 0 saturated carbocycles. The summed E-state index contributed by atoms with van der Waals surface area (Å²) in [5, 5.41) is 0.713. The lowest BCUT2D eigenvalue weighted by atomic mass is 10.2. The first-order valence-corrected chi connectivity index (χ1v) is 6.12. The van der Waals surface area contributed by atoms with Crippen LogP contribution in [0.4, 0.5) is 0 Å². The second-order valence-electron chi connectivity index (χ2n) is 3.29. The lowest BCUT2D eigenvalue weighted by molar-refractivity contribution is 0.463. The number of hydrogen-bond donors (Lipinski definition) is 0. The van der Waals surface area contributed by atoms with E-state index in [9.17, 15) is 0 Å². The Morgan fingerprint density at radius 1 is 1.06 bits per heavy atom. The van der Waals surface area contributed by atoms with Gasteiger partial charge in [-0.25, -0.2) is 4.98 Å². The Kier molecular flexibility index (Phi) is 4.11. The molecule has 0 fully saturated rings. The van der Waals surface area contributed by atoms with Crippen LogP contribution in [0.25, 0.3) is 0 Å². The van der Waals surface area contributed by atoms with E-state index < -0.39 is 0 Å². The number of hydrogen-bond acceptors (Lipinski definition) is 2. The van der Waals surface area contributed by atoms with Gasteiger partial charge in [0.1, 0.15) is 10.8 Å². The van der Waals surface area contributed by atoms with Crippen LogP contribution in [-0.4, -0.2) is 4.98 Å². The van der Waals surface area contributed by atoms with Crippen molar-refractivity contribution in [1.29, 1.82) is 0 Å². The number of pyridine rings is 1. The van der Waals surface area contributed by atoms with Crippen LogP contribution in [-0.2, 0) is 5.88 Å². The van der Waals surface area contributed by atoms with E-state index in [1.54, 1.807) is 18.2 Å². The average Bonchev–Trinajstić information content (AvgIpc) is 2.36. The van der Waals surface area contributed by atoms with Gasteiger partial charge in [-0.2, -0.15) is 0 Å². The maximum absolute atomic E-state index is 5.96. The average molecular weight is 289 g/mol. The summed E-state index contributed by atoms with van der Waals surface area (Å²) in [5.41, 5.74) is 1.02. The number of alkyl halides is 1. The smallest absolute Gasteiger partial charge is 0.239 e. The molecule has 1 heterocycles. The fraction of sp³-hybridized carbons (Fsp3) is 0.0833. The molecule has 0 amide bonds. The van der Waals surface area contributed by atoms with Gasteiger partial charge in [0.05, 0.1) is 5.02 Å². The zero-order valence-corrected chi connectivity index (χ0v) is 10.9. The van der Waals surface area contributed by atoms with Crippen LogP contribution in [0.3, 0.4) is 0 Å². The molecular weight excluding hydrogens is 280 g/mol. The first-order chi connectivity index (χ1) is 8.20. The first-order valence-electron chi connectivity index (χ1n) is 4.83. The van der Waals surface area contributed by atoms with Crippen LogP contribution in [0, 0.1) is 0 Å². The molecular formula is C12H8Cl3NO. The summed E-state index contributed by atoms with van der Waals surface area (Å²) in [6.07, 6.45) is 1.54. The highest BCUT2D eigenvalue weighted by Gasteiger charge is 2.08. The molecule has 2 rings (SSSR count).